The van der Waals surface area contributed by atoms with Crippen LogP contribution in [-0.4, -0.2) is 40.2 Å². The number of fused-ring (bicyclic) bond motifs is 1. The third-order valence-electron chi connectivity index (χ3n) is 5.01. The van der Waals surface area contributed by atoms with Crippen molar-refractivity contribution in [2.24, 2.45) is 0 Å². The molecule has 8 heteroatoms. The first-order valence-corrected chi connectivity index (χ1v) is 9.26. The molecule has 1 aromatic heterocycles. The van der Waals surface area contributed by atoms with Crippen LogP contribution in [0.1, 0.15) is 28.8 Å². The number of piperidine rings is 1. The molecule has 29 heavy (non-hydrogen) atoms. The molecule has 0 N–H and O–H groups in total. The van der Waals surface area contributed by atoms with Gasteiger partial charge in [0.2, 0.25) is 5.88 Å². The molecule has 1 fully saturated rings. The van der Waals surface area contributed by atoms with Crippen LogP contribution in [0.25, 0.3) is 10.8 Å². The predicted octanol–water partition coefficient (Wildman–Crippen LogP) is 4.33. The number of carbonyl (C=O) groups excluding carboxylic acids is 1. The third kappa shape index (κ3) is 4.01. The predicted molar refractivity (Wildman–Crippen MR) is 101 cm³/mol. The highest BCUT2D eigenvalue weighted by atomic mass is 19.4. The summed E-state index contributed by atoms with van der Waals surface area (Å²) in [6.45, 7) is 0.627. The van der Waals surface area contributed by atoms with E-state index < -0.39 is 17.6 Å². The second-order valence-corrected chi connectivity index (χ2v) is 6.89. The molecule has 0 bridgehead atoms. The van der Waals surface area contributed by atoms with Gasteiger partial charge in [-0.3, -0.25) is 4.79 Å². The van der Waals surface area contributed by atoms with Gasteiger partial charge in [0.15, 0.2) is 0 Å². The van der Waals surface area contributed by atoms with Crippen LogP contribution in [0.3, 0.4) is 0 Å². The lowest BCUT2D eigenvalue weighted by Gasteiger charge is -2.32. The number of hydrogen-bond acceptors (Lipinski definition) is 4. The molecule has 2 heterocycles. The van der Waals surface area contributed by atoms with Gasteiger partial charge in [-0.15, -0.1) is 5.10 Å². The molecule has 0 atom stereocenters. The van der Waals surface area contributed by atoms with E-state index in [1.54, 1.807) is 6.20 Å². The lowest BCUT2D eigenvalue weighted by molar-refractivity contribution is -0.138. The number of carbonyl (C=O) groups is 1. The van der Waals surface area contributed by atoms with Crippen LogP contribution in [0.2, 0.25) is 0 Å². The first kappa shape index (κ1) is 19.2. The average Bonchev–Trinajstić information content (AvgIpc) is 2.73. The van der Waals surface area contributed by atoms with Crippen LogP contribution in [0.4, 0.5) is 13.2 Å². The zero-order chi connectivity index (χ0) is 20.4. The summed E-state index contributed by atoms with van der Waals surface area (Å²) in [7, 11) is 0. The average molecular weight is 401 g/mol. The van der Waals surface area contributed by atoms with Gasteiger partial charge in [0.25, 0.3) is 5.91 Å². The van der Waals surface area contributed by atoms with Gasteiger partial charge in [-0.05, 0) is 18.2 Å². The first-order chi connectivity index (χ1) is 13.9. The molecule has 1 aliphatic rings. The van der Waals surface area contributed by atoms with E-state index in [0.29, 0.717) is 31.8 Å². The van der Waals surface area contributed by atoms with Crippen molar-refractivity contribution in [2.45, 2.75) is 25.1 Å². The van der Waals surface area contributed by atoms with Gasteiger partial charge in [-0.2, -0.15) is 18.3 Å². The highest BCUT2D eigenvalue weighted by molar-refractivity contribution is 5.96. The summed E-state index contributed by atoms with van der Waals surface area (Å²) in [5.74, 6) is -0.184. The van der Waals surface area contributed by atoms with E-state index in [0.717, 1.165) is 16.8 Å². The Morgan fingerprint density at radius 1 is 1.03 bits per heavy atom. The maximum atomic E-state index is 13.2. The van der Waals surface area contributed by atoms with Crippen molar-refractivity contribution < 1.29 is 22.7 Å². The summed E-state index contributed by atoms with van der Waals surface area (Å²) in [6.07, 6.45) is -2.09. The molecule has 0 aliphatic carbocycles. The Morgan fingerprint density at radius 3 is 2.48 bits per heavy atom. The Labute approximate surface area is 165 Å². The summed E-state index contributed by atoms with van der Waals surface area (Å²) in [5.41, 5.74) is -1.23. The molecule has 0 radical (unpaired) electrons. The number of amides is 1. The molecule has 3 aromatic rings. The Bertz CT molecular complexity index is 1030. The summed E-state index contributed by atoms with van der Waals surface area (Å²) in [6, 6.07) is 12.5. The molecular formula is C21H18F3N3O2. The normalized spacial score (nSPS) is 15.5. The van der Waals surface area contributed by atoms with Gasteiger partial charge < -0.3 is 9.64 Å². The SMILES string of the molecule is O=C(c1ccccc1C(F)(F)F)N1CCC(Oc2nncc3ccccc23)CC1. The minimum Gasteiger partial charge on any atom is -0.473 e. The number of benzene rings is 2. The number of alkyl halides is 3. The van der Waals surface area contributed by atoms with Gasteiger partial charge >= 0.3 is 6.18 Å². The number of nitrogens with zero attached hydrogens (tertiary/aromatic N) is 3. The molecule has 150 valence electrons. The second-order valence-electron chi connectivity index (χ2n) is 6.89. The Morgan fingerprint density at radius 2 is 1.72 bits per heavy atom. The van der Waals surface area contributed by atoms with E-state index >= 15 is 0 Å². The minimum absolute atomic E-state index is 0.183. The van der Waals surface area contributed by atoms with E-state index in [1.165, 1.54) is 23.1 Å². The molecule has 0 unspecified atom stereocenters. The molecule has 1 amide bonds. The zero-order valence-electron chi connectivity index (χ0n) is 15.4. The fraction of sp³-hybridized carbons (Fsp3) is 0.286. The summed E-state index contributed by atoms with van der Waals surface area (Å²) < 4.78 is 45.6. The zero-order valence-corrected chi connectivity index (χ0v) is 15.4. The highest BCUT2D eigenvalue weighted by Crippen LogP contribution is 2.33. The molecule has 4 rings (SSSR count). The molecule has 1 aliphatic heterocycles. The number of rotatable bonds is 3. The maximum Gasteiger partial charge on any atom is 0.417 e. The van der Waals surface area contributed by atoms with E-state index in [2.05, 4.69) is 10.2 Å². The van der Waals surface area contributed by atoms with Crippen LogP contribution < -0.4 is 4.74 Å². The topological polar surface area (TPSA) is 55.3 Å². The van der Waals surface area contributed by atoms with E-state index in [9.17, 15) is 18.0 Å². The van der Waals surface area contributed by atoms with Crippen molar-refractivity contribution in [3.05, 3.63) is 65.9 Å². The summed E-state index contributed by atoms with van der Waals surface area (Å²) >= 11 is 0. The number of aromatic nitrogens is 2. The van der Waals surface area contributed by atoms with Crippen LogP contribution in [-0.2, 0) is 6.18 Å². The Balaban J connectivity index is 1.44. The smallest absolute Gasteiger partial charge is 0.417 e. The lowest BCUT2D eigenvalue weighted by Crippen LogP contribution is -2.42. The van der Waals surface area contributed by atoms with Crippen molar-refractivity contribution in [3.8, 4) is 5.88 Å². The Kier molecular flexibility index (Phi) is 5.08. The number of ether oxygens (including phenoxy) is 1. The van der Waals surface area contributed by atoms with Crippen LogP contribution in [0, 0.1) is 0 Å². The summed E-state index contributed by atoms with van der Waals surface area (Å²) in [4.78, 5) is 14.1. The fourth-order valence-electron chi connectivity index (χ4n) is 3.51. The lowest BCUT2D eigenvalue weighted by atomic mass is 10.0. The fourth-order valence-corrected chi connectivity index (χ4v) is 3.51. The van der Waals surface area contributed by atoms with E-state index in [-0.39, 0.29) is 11.7 Å². The molecular weight excluding hydrogens is 383 g/mol. The van der Waals surface area contributed by atoms with Gasteiger partial charge in [-0.1, -0.05) is 30.3 Å². The van der Waals surface area contributed by atoms with Gasteiger partial charge in [0.1, 0.15) is 6.10 Å². The van der Waals surface area contributed by atoms with Crippen LogP contribution in [0.5, 0.6) is 5.88 Å². The molecule has 1 saturated heterocycles. The van der Waals surface area contributed by atoms with Crippen LogP contribution in [0.15, 0.2) is 54.7 Å². The van der Waals surface area contributed by atoms with Gasteiger partial charge in [-0.25, -0.2) is 0 Å². The largest absolute Gasteiger partial charge is 0.473 e. The number of halogens is 3. The first-order valence-electron chi connectivity index (χ1n) is 9.26. The highest BCUT2D eigenvalue weighted by Gasteiger charge is 2.36. The van der Waals surface area contributed by atoms with Crippen molar-refractivity contribution in [3.63, 3.8) is 0 Å². The third-order valence-corrected chi connectivity index (χ3v) is 5.01. The molecule has 5 nitrogen and oxygen atoms in total. The van der Waals surface area contributed by atoms with Crippen molar-refractivity contribution >= 4 is 16.7 Å². The second kappa shape index (κ2) is 7.69. The van der Waals surface area contributed by atoms with Crippen LogP contribution >= 0.6 is 0 Å². The van der Waals surface area contributed by atoms with Crippen molar-refractivity contribution in [2.75, 3.05) is 13.1 Å². The standard InChI is InChI=1S/C21H18F3N3O2/c22-21(23,24)18-8-4-3-7-17(18)20(28)27-11-9-15(10-12-27)29-19-16-6-2-1-5-14(16)13-25-26-19/h1-8,13,15H,9-12H2. The summed E-state index contributed by atoms with van der Waals surface area (Å²) in [5, 5.41) is 9.77. The monoisotopic (exact) mass is 401 g/mol. The Hall–Kier alpha value is -3.16. The van der Waals surface area contributed by atoms with Gasteiger partial charge in [0.05, 0.1) is 17.3 Å². The molecule has 0 saturated carbocycles. The molecule has 0 spiro atoms. The van der Waals surface area contributed by atoms with Crippen molar-refractivity contribution in [1.29, 1.82) is 0 Å². The van der Waals surface area contributed by atoms with E-state index in [4.69, 9.17) is 4.74 Å². The minimum atomic E-state index is -4.57. The van der Waals surface area contributed by atoms with E-state index in [1.807, 2.05) is 24.3 Å². The maximum absolute atomic E-state index is 13.2. The quantitative estimate of drug-likeness (QED) is 0.656. The molecule has 2 aromatic carbocycles. The number of likely N-dealkylation sites (tertiary alicyclic amines) is 1. The van der Waals surface area contributed by atoms with Gasteiger partial charge in [0, 0.05) is 36.7 Å². The number of hydrogen-bond donors (Lipinski definition) is 0. The van der Waals surface area contributed by atoms with Crippen molar-refractivity contribution in [1.82, 2.24) is 15.1 Å².